The van der Waals surface area contributed by atoms with E-state index >= 15 is 0 Å². The van der Waals surface area contributed by atoms with Crippen LogP contribution in [0.5, 0.6) is 5.75 Å². The second kappa shape index (κ2) is 8.45. The lowest BCUT2D eigenvalue weighted by Crippen LogP contribution is -2.19. The van der Waals surface area contributed by atoms with Gasteiger partial charge in [0.15, 0.2) is 0 Å². The Kier molecular flexibility index (Phi) is 5.81. The predicted octanol–water partition coefficient (Wildman–Crippen LogP) is 4.14. The highest BCUT2D eigenvalue weighted by molar-refractivity contribution is 7.92. The van der Waals surface area contributed by atoms with Crippen molar-refractivity contribution in [2.24, 2.45) is 0 Å². The van der Waals surface area contributed by atoms with E-state index in [-0.39, 0.29) is 4.90 Å². The number of carbonyl (C=O) groups is 1. The first-order chi connectivity index (χ1) is 13.5. The van der Waals surface area contributed by atoms with Crippen molar-refractivity contribution in [1.29, 1.82) is 0 Å². The van der Waals surface area contributed by atoms with Gasteiger partial charge in [-0.25, -0.2) is 13.2 Å². The van der Waals surface area contributed by atoms with Crippen molar-refractivity contribution < 1.29 is 17.9 Å². The summed E-state index contributed by atoms with van der Waals surface area (Å²) < 4.78 is 32.5. The number of anilines is 3. The summed E-state index contributed by atoms with van der Waals surface area (Å²) in [5.74, 6) is 0.632. The van der Waals surface area contributed by atoms with E-state index in [1.54, 1.807) is 36.4 Å². The van der Waals surface area contributed by atoms with Crippen LogP contribution in [0.3, 0.4) is 0 Å². The molecule has 0 aliphatic rings. The number of nitrogens with one attached hydrogen (secondary N) is 3. The number of hydrogen-bond donors (Lipinski definition) is 3. The van der Waals surface area contributed by atoms with Gasteiger partial charge in [-0.05, 0) is 60.7 Å². The fourth-order valence-electron chi connectivity index (χ4n) is 2.41. The lowest BCUT2D eigenvalue weighted by atomic mass is 10.3. The van der Waals surface area contributed by atoms with Gasteiger partial charge in [0, 0.05) is 17.1 Å². The number of methoxy groups -OCH3 is 1. The van der Waals surface area contributed by atoms with Gasteiger partial charge in [0.1, 0.15) is 5.75 Å². The molecule has 2 amide bonds. The molecule has 3 rings (SSSR count). The number of carbonyl (C=O) groups excluding carboxylic acids is 1. The smallest absolute Gasteiger partial charge is 0.323 e. The van der Waals surface area contributed by atoms with E-state index < -0.39 is 16.1 Å². The van der Waals surface area contributed by atoms with Crippen molar-refractivity contribution in [3.8, 4) is 5.75 Å². The molecule has 28 heavy (non-hydrogen) atoms. The van der Waals surface area contributed by atoms with E-state index in [4.69, 9.17) is 4.74 Å². The van der Waals surface area contributed by atoms with Crippen molar-refractivity contribution in [3.05, 3.63) is 78.9 Å². The molecule has 0 aliphatic carbocycles. The summed E-state index contributed by atoms with van der Waals surface area (Å²) >= 11 is 0. The van der Waals surface area contributed by atoms with Gasteiger partial charge in [0.25, 0.3) is 10.0 Å². The number of rotatable bonds is 6. The molecule has 3 aromatic carbocycles. The maximum atomic E-state index is 12.5. The molecular formula is C20H19N3O4S. The molecule has 7 nitrogen and oxygen atoms in total. The zero-order valence-corrected chi connectivity index (χ0v) is 15.9. The normalized spacial score (nSPS) is 10.8. The third-order valence-electron chi connectivity index (χ3n) is 3.80. The van der Waals surface area contributed by atoms with Crippen LogP contribution in [0.25, 0.3) is 0 Å². The Bertz CT molecular complexity index is 1040. The second-order valence-corrected chi connectivity index (χ2v) is 7.49. The Morgan fingerprint density at radius 2 is 1.29 bits per heavy atom. The first-order valence-electron chi connectivity index (χ1n) is 8.36. The van der Waals surface area contributed by atoms with Gasteiger partial charge in [-0.1, -0.05) is 18.2 Å². The number of ether oxygens (including phenoxy) is 1. The van der Waals surface area contributed by atoms with Crippen molar-refractivity contribution in [1.82, 2.24) is 0 Å². The van der Waals surface area contributed by atoms with E-state index in [1.807, 2.05) is 18.2 Å². The fraction of sp³-hybridized carbons (Fsp3) is 0.0500. The number of sulfonamides is 1. The van der Waals surface area contributed by atoms with Crippen molar-refractivity contribution in [2.75, 3.05) is 22.5 Å². The summed E-state index contributed by atoms with van der Waals surface area (Å²) in [4.78, 5) is 12.1. The molecule has 0 fully saturated rings. The average Bonchev–Trinajstić information content (AvgIpc) is 2.69. The van der Waals surface area contributed by atoms with Gasteiger partial charge in [0.05, 0.1) is 12.0 Å². The van der Waals surface area contributed by atoms with Crippen LogP contribution in [0.2, 0.25) is 0 Å². The molecule has 3 aromatic rings. The maximum Gasteiger partial charge on any atom is 0.323 e. The molecule has 144 valence electrons. The minimum Gasteiger partial charge on any atom is -0.497 e. The lowest BCUT2D eigenvalue weighted by molar-refractivity contribution is 0.262. The molecule has 8 heteroatoms. The van der Waals surface area contributed by atoms with Crippen molar-refractivity contribution in [3.63, 3.8) is 0 Å². The Labute approximate surface area is 163 Å². The van der Waals surface area contributed by atoms with Crippen LogP contribution in [0.15, 0.2) is 83.8 Å². The third kappa shape index (κ3) is 5.01. The third-order valence-corrected chi connectivity index (χ3v) is 5.19. The standard InChI is InChI=1S/C20H19N3O4S/c1-27-18-11-7-17(8-12-18)23-28(25,26)19-13-9-16(10-14-19)22-20(24)21-15-5-3-2-4-6-15/h2-14,23H,1H3,(H2,21,22,24). The minimum absolute atomic E-state index is 0.0809. The topological polar surface area (TPSA) is 96.5 Å². The van der Waals surface area contributed by atoms with Gasteiger partial charge < -0.3 is 15.4 Å². The predicted molar refractivity (Wildman–Crippen MR) is 109 cm³/mol. The highest BCUT2D eigenvalue weighted by atomic mass is 32.2. The largest absolute Gasteiger partial charge is 0.497 e. The van der Waals surface area contributed by atoms with Gasteiger partial charge in [-0.2, -0.15) is 0 Å². The molecular weight excluding hydrogens is 378 g/mol. The number of hydrogen-bond acceptors (Lipinski definition) is 4. The molecule has 0 unspecified atom stereocenters. The van der Waals surface area contributed by atoms with Crippen LogP contribution in [-0.2, 0) is 10.0 Å². The van der Waals surface area contributed by atoms with Crippen LogP contribution in [0.1, 0.15) is 0 Å². The quantitative estimate of drug-likeness (QED) is 0.582. The van der Waals surface area contributed by atoms with Gasteiger partial charge in [-0.3, -0.25) is 4.72 Å². The van der Waals surface area contributed by atoms with Crippen LogP contribution in [0.4, 0.5) is 21.9 Å². The van der Waals surface area contributed by atoms with E-state index in [1.165, 1.54) is 31.4 Å². The zero-order valence-electron chi connectivity index (χ0n) is 15.0. The number of para-hydroxylation sites is 1. The molecule has 0 bridgehead atoms. The average molecular weight is 397 g/mol. The first-order valence-corrected chi connectivity index (χ1v) is 9.84. The Morgan fingerprint density at radius 3 is 1.86 bits per heavy atom. The molecule has 0 atom stereocenters. The molecule has 0 saturated carbocycles. The molecule has 0 radical (unpaired) electrons. The van der Waals surface area contributed by atoms with Crippen LogP contribution in [-0.4, -0.2) is 21.6 Å². The van der Waals surface area contributed by atoms with Crippen LogP contribution < -0.4 is 20.1 Å². The summed E-state index contributed by atoms with van der Waals surface area (Å²) in [6.45, 7) is 0. The highest BCUT2D eigenvalue weighted by Crippen LogP contribution is 2.20. The zero-order chi connectivity index (χ0) is 20.0. The summed E-state index contributed by atoms with van der Waals surface area (Å²) in [6.07, 6.45) is 0. The van der Waals surface area contributed by atoms with E-state index in [2.05, 4.69) is 15.4 Å². The molecule has 0 heterocycles. The highest BCUT2D eigenvalue weighted by Gasteiger charge is 2.14. The van der Waals surface area contributed by atoms with Gasteiger partial charge in [-0.15, -0.1) is 0 Å². The SMILES string of the molecule is COc1ccc(NS(=O)(=O)c2ccc(NC(=O)Nc3ccccc3)cc2)cc1. The maximum absolute atomic E-state index is 12.5. The van der Waals surface area contributed by atoms with Crippen molar-refractivity contribution in [2.45, 2.75) is 4.90 Å². The second-order valence-electron chi connectivity index (χ2n) is 5.80. The van der Waals surface area contributed by atoms with E-state index in [0.29, 0.717) is 22.8 Å². The number of amides is 2. The van der Waals surface area contributed by atoms with Gasteiger partial charge in [0.2, 0.25) is 0 Å². The lowest BCUT2D eigenvalue weighted by Gasteiger charge is -2.10. The Balaban J connectivity index is 1.64. The summed E-state index contributed by atoms with van der Waals surface area (Å²) in [6, 6.07) is 21.0. The van der Waals surface area contributed by atoms with Crippen LogP contribution in [0, 0.1) is 0 Å². The Morgan fingerprint density at radius 1 is 0.750 bits per heavy atom. The van der Waals surface area contributed by atoms with E-state index in [0.717, 1.165) is 0 Å². The summed E-state index contributed by atoms with van der Waals surface area (Å²) in [7, 11) is -2.21. The van der Waals surface area contributed by atoms with Crippen molar-refractivity contribution >= 4 is 33.1 Å². The fourth-order valence-corrected chi connectivity index (χ4v) is 3.46. The molecule has 0 aromatic heterocycles. The monoisotopic (exact) mass is 397 g/mol. The number of benzene rings is 3. The number of urea groups is 1. The Hall–Kier alpha value is -3.52. The summed E-state index contributed by atoms with van der Waals surface area (Å²) in [5.41, 5.74) is 1.55. The minimum atomic E-state index is -3.75. The molecule has 0 aliphatic heterocycles. The first kappa shape index (κ1) is 19.2. The molecule has 3 N–H and O–H groups in total. The van der Waals surface area contributed by atoms with Gasteiger partial charge >= 0.3 is 6.03 Å². The summed E-state index contributed by atoms with van der Waals surface area (Å²) in [5, 5.41) is 5.34. The van der Waals surface area contributed by atoms with E-state index in [9.17, 15) is 13.2 Å². The molecule has 0 spiro atoms. The molecule has 0 saturated heterocycles. The van der Waals surface area contributed by atoms with Crippen LogP contribution >= 0.6 is 0 Å².